The number of furan rings is 1. The fraction of sp³-hybridized carbons (Fsp3) is 0. The SMILES string of the molecule is N#C/C(=C/c1ccc(-c2ccccc2C#N)o1)c1ccc(Br)cc1. The maximum atomic E-state index is 9.40. The smallest absolute Gasteiger partial charge is 0.136 e. The Bertz CT molecular complexity index is 985. The normalized spacial score (nSPS) is 10.9. The molecule has 0 bridgehead atoms. The highest BCUT2D eigenvalue weighted by Gasteiger charge is 2.09. The van der Waals surface area contributed by atoms with Crippen LogP contribution < -0.4 is 0 Å². The van der Waals surface area contributed by atoms with Crippen LogP contribution in [0.1, 0.15) is 16.9 Å². The molecule has 3 rings (SSSR count). The fourth-order valence-electron chi connectivity index (χ4n) is 2.32. The number of rotatable bonds is 3. The molecule has 3 nitrogen and oxygen atoms in total. The number of hydrogen-bond acceptors (Lipinski definition) is 3. The Morgan fingerprint density at radius 2 is 1.71 bits per heavy atom. The fourth-order valence-corrected chi connectivity index (χ4v) is 2.59. The molecule has 0 aliphatic carbocycles. The van der Waals surface area contributed by atoms with Crippen LogP contribution in [0.3, 0.4) is 0 Å². The molecular formula is C20H11BrN2O. The van der Waals surface area contributed by atoms with Gasteiger partial charge in [-0.2, -0.15) is 10.5 Å². The number of hydrogen-bond donors (Lipinski definition) is 0. The lowest BCUT2D eigenvalue weighted by atomic mass is 10.1. The summed E-state index contributed by atoms with van der Waals surface area (Å²) in [6.45, 7) is 0. The van der Waals surface area contributed by atoms with E-state index >= 15 is 0 Å². The van der Waals surface area contributed by atoms with Gasteiger partial charge < -0.3 is 4.42 Å². The molecule has 0 aliphatic heterocycles. The van der Waals surface area contributed by atoms with E-state index < -0.39 is 0 Å². The van der Waals surface area contributed by atoms with Crippen molar-refractivity contribution in [3.63, 3.8) is 0 Å². The van der Waals surface area contributed by atoms with Crippen LogP contribution in [0.4, 0.5) is 0 Å². The van der Waals surface area contributed by atoms with Crippen LogP contribution in [-0.2, 0) is 0 Å². The van der Waals surface area contributed by atoms with E-state index in [1.165, 1.54) is 0 Å². The lowest BCUT2D eigenvalue weighted by Crippen LogP contribution is -1.81. The number of allylic oxidation sites excluding steroid dienone is 1. The summed E-state index contributed by atoms with van der Waals surface area (Å²) in [5.74, 6) is 1.17. The van der Waals surface area contributed by atoms with Crippen molar-refractivity contribution < 1.29 is 4.42 Å². The lowest BCUT2D eigenvalue weighted by molar-refractivity contribution is 0.572. The summed E-state index contributed by atoms with van der Waals surface area (Å²) in [5.41, 5.74) is 2.62. The van der Waals surface area contributed by atoms with Crippen molar-refractivity contribution in [1.82, 2.24) is 0 Å². The number of nitriles is 2. The Kier molecular flexibility index (Phi) is 4.61. The van der Waals surface area contributed by atoms with Gasteiger partial charge >= 0.3 is 0 Å². The van der Waals surface area contributed by atoms with Crippen molar-refractivity contribution in [3.8, 4) is 23.5 Å². The van der Waals surface area contributed by atoms with Gasteiger partial charge in [0.15, 0.2) is 0 Å². The van der Waals surface area contributed by atoms with Gasteiger partial charge in [-0.1, -0.05) is 40.2 Å². The van der Waals surface area contributed by atoms with Gasteiger partial charge in [-0.25, -0.2) is 0 Å². The van der Waals surface area contributed by atoms with Crippen LogP contribution in [0.25, 0.3) is 23.0 Å². The van der Waals surface area contributed by atoms with E-state index in [-0.39, 0.29) is 0 Å². The van der Waals surface area contributed by atoms with Crippen molar-refractivity contribution in [1.29, 1.82) is 10.5 Å². The molecule has 0 amide bonds. The molecule has 4 heteroatoms. The minimum atomic E-state index is 0.511. The van der Waals surface area contributed by atoms with Gasteiger partial charge in [0.2, 0.25) is 0 Å². The van der Waals surface area contributed by atoms with Crippen molar-refractivity contribution in [2.75, 3.05) is 0 Å². The third-order valence-corrected chi connectivity index (χ3v) is 4.03. The highest BCUT2D eigenvalue weighted by Crippen LogP contribution is 2.27. The van der Waals surface area contributed by atoms with Crippen LogP contribution in [0.2, 0.25) is 0 Å². The van der Waals surface area contributed by atoms with Gasteiger partial charge in [0, 0.05) is 10.0 Å². The largest absolute Gasteiger partial charge is 0.457 e. The Hall–Kier alpha value is -3.08. The molecular weight excluding hydrogens is 364 g/mol. The van der Waals surface area contributed by atoms with E-state index in [0.717, 1.165) is 15.6 Å². The summed E-state index contributed by atoms with van der Waals surface area (Å²) in [6, 6.07) is 22.7. The first kappa shape index (κ1) is 15.8. The monoisotopic (exact) mass is 374 g/mol. The Morgan fingerprint density at radius 1 is 0.958 bits per heavy atom. The van der Waals surface area contributed by atoms with Crippen molar-refractivity contribution in [2.24, 2.45) is 0 Å². The first-order chi connectivity index (χ1) is 11.7. The van der Waals surface area contributed by atoms with Gasteiger partial charge in [0.1, 0.15) is 11.5 Å². The summed E-state index contributed by atoms with van der Waals surface area (Å²) in [4.78, 5) is 0. The van der Waals surface area contributed by atoms with Crippen LogP contribution >= 0.6 is 15.9 Å². The second-order valence-corrected chi connectivity index (χ2v) is 5.95. The quantitative estimate of drug-likeness (QED) is 0.556. The van der Waals surface area contributed by atoms with E-state index in [0.29, 0.717) is 22.7 Å². The lowest BCUT2D eigenvalue weighted by Gasteiger charge is -2.00. The van der Waals surface area contributed by atoms with E-state index in [1.54, 1.807) is 24.3 Å². The average molecular weight is 375 g/mol. The second kappa shape index (κ2) is 7.00. The first-order valence-electron chi connectivity index (χ1n) is 7.18. The molecule has 114 valence electrons. The minimum absolute atomic E-state index is 0.511. The van der Waals surface area contributed by atoms with Gasteiger partial charge in [0.05, 0.1) is 23.3 Å². The molecule has 3 aromatic rings. The summed E-state index contributed by atoms with van der Waals surface area (Å²) < 4.78 is 6.76. The zero-order valence-electron chi connectivity index (χ0n) is 12.5. The van der Waals surface area contributed by atoms with Gasteiger partial charge in [0.25, 0.3) is 0 Å². The number of nitrogens with zero attached hydrogens (tertiary/aromatic N) is 2. The molecule has 0 spiro atoms. The first-order valence-corrected chi connectivity index (χ1v) is 7.97. The van der Waals surface area contributed by atoms with Crippen LogP contribution in [0.15, 0.2) is 69.6 Å². The van der Waals surface area contributed by atoms with Crippen molar-refractivity contribution in [2.45, 2.75) is 0 Å². The molecule has 0 unspecified atom stereocenters. The van der Waals surface area contributed by atoms with E-state index in [4.69, 9.17) is 4.42 Å². The predicted molar refractivity (Wildman–Crippen MR) is 96.5 cm³/mol. The minimum Gasteiger partial charge on any atom is -0.457 e. The summed E-state index contributed by atoms with van der Waals surface area (Å²) in [5, 5.41) is 18.6. The summed E-state index contributed by atoms with van der Waals surface area (Å²) in [6.07, 6.45) is 1.70. The molecule has 24 heavy (non-hydrogen) atoms. The Morgan fingerprint density at radius 3 is 2.42 bits per heavy atom. The Balaban J connectivity index is 1.97. The third kappa shape index (κ3) is 3.30. The zero-order chi connectivity index (χ0) is 16.9. The predicted octanol–water partition coefficient (Wildman–Crippen LogP) is 5.64. The van der Waals surface area contributed by atoms with Crippen LogP contribution in [-0.4, -0.2) is 0 Å². The Labute approximate surface area is 148 Å². The molecule has 2 aromatic carbocycles. The third-order valence-electron chi connectivity index (χ3n) is 3.50. The molecule has 1 aromatic heterocycles. The van der Waals surface area contributed by atoms with Crippen molar-refractivity contribution >= 4 is 27.6 Å². The van der Waals surface area contributed by atoms with E-state index in [2.05, 4.69) is 28.1 Å². The molecule has 0 saturated heterocycles. The average Bonchev–Trinajstić information content (AvgIpc) is 3.09. The molecule has 1 heterocycles. The van der Waals surface area contributed by atoms with Gasteiger partial charge in [-0.3, -0.25) is 0 Å². The summed E-state index contributed by atoms with van der Waals surface area (Å²) >= 11 is 3.38. The van der Waals surface area contributed by atoms with Gasteiger partial charge in [-0.15, -0.1) is 0 Å². The van der Waals surface area contributed by atoms with Crippen molar-refractivity contribution in [3.05, 3.63) is 82.0 Å². The van der Waals surface area contributed by atoms with Crippen LogP contribution in [0, 0.1) is 22.7 Å². The van der Waals surface area contributed by atoms with E-state index in [1.807, 2.05) is 42.5 Å². The highest BCUT2D eigenvalue weighted by atomic mass is 79.9. The number of benzene rings is 2. The van der Waals surface area contributed by atoms with Gasteiger partial charge in [-0.05, 0) is 48.0 Å². The maximum absolute atomic E-state index is 9.40. The molecule has 0 fully saturated rings. The van der Waals surface area contributed by atoms with Crippen LogP contribution in [0.5, 0.6) is 0 Å². The molecule has 0 radical (unpaired) electrons. The topological polar surface area (TPSA) is 60.7 Å². The standard InChI is InChI=1S/C20H11BrN2O/c21-17-7-5-14(6-8-17)16(13-23)11-18-9-10-20(24-18)19-4-2-1-3-15(19)12-22/h1-11H/b16-11-. The maximum Gasteiger partial charge on any atom is 0.136 e. The zero-order valence-corrected chi connectivity index (χ0v) is 14.1. The highest BCUT2D eigenvalue weighted by molar-refractivity contribution is 9.10. The molecule has 0 saturated carbocycles. The number of halogens is 1. The molecule has 0 N–H and O–H groups in total. The molecule has 0 atom stereocenters. The second-order valence-electron chi connectivity index (χ2n) is 5.04. The molecule has 0 aliphatic rings. The van der Waals surface area contributed by atoms with E-state index in [9.17, 15) is 10.5 Å². The summed E-state index contributed by atoms with van der Waals surface area (Å²) in [7, 11) is 0.